The fourth-order valence-corrected chi connectivity index (χ4v) is 1.97. The van der Waals surface area contributed by atoms with Crippen LogP contribution in [0.15, 0.2) is 43.0 Å². The zero-order valence-corrected chi connectivity index (χ0v) is 11.3. The monoisotopic (exact) mass is 257 g/mol. The molecule has 0 aliphatic carbocycles. The van der Waals surface area contributed by atoms with Crippen LogP contribution in [-0.4, -0.2) is 15.5 Å². The lowest BCUT2D eigenvalue weighted by atomic mass is 10.1. The van der Waals surface area contributed by atoms with Crippen molar-refractivity contribution in [1.29, 1.82) is 0 Å². The van der Waals surface area contributed by atoms with Gasteiger partial charge < -0.3 is 9.88 Å². The molecule has 0 fully saturated rings. The Labute approximate surface area is 113 Å². The first kappa shape index (κ1) is 13.3. The molecule has 0 saturated carbocycles. The van der Waals surface area contributed by atoms with Gasteiger partial charge in [0, 0.05) is 24.5 Å². The van der Waals surface area contributed by atoms with Crippen LogP contribution < -0.4 is 5.32 Å². The van der Waals surface area contributed by atoms with Gasteiger partial charge in [-0.1, -0.05) is 19.1 Å². The summed E-state index contributed by atoms with van der Waals surface area (Å²) in [7, 11) is 0. The zero-order valence-electron chi connectivity index (χ0n) is 11.3. The average Bonchev–Trinajstić information content (AvgIpc) is 2.93. The first-order valence-electron chi connectivity index (χ1n) is 6.58. The van der Waals surface area contributed by atoms with Crippen molar-refractivity contribution in [2.75, 3.05) is 0 Å². The van der Waals surface area contributed by atoms with Crippen LogP contribution in [0.5, 0.6) is 0 Å². The molecule has 1 amide bonds. The molecule has 1 aromatic heterocycles. The minimum absolute atomic E-state index is 0.0379. The highest BCUT2D eigenvalue weighted by atomic mass is 16.1. The van der Waals surface area contributed by atoms with Crippen molar-refractivity contribution in [3.05, 3.63) is 48.5 Å². The van der Waals surface area contributed by atoms with Gasteiger partial charge in [0.05, 0.1) is 12.4 Å². The van der Waals surface area contributed by atoms with E-state index in [1.807, 2.05) is 48.9 Å². The normalized spacial score (nSPS) is 12.1. The van der Waals surface area contributed by atoms with Gasteiger partial charge in [-0.3, -0.25) is 4.79 Å². The van der Waals surface area contributed by atoms with Crippen molar-refractivity contribution >= 4 is 5.91 Å². The van der Waals surface area contributed by atoms with E-state index in [0.29, 0.717) is 6.42 Å². The fraction of sp³-hybridized carbons (Fsp3) is 0.333. The Bertz CT molecular complexity index is 517. The third-order valence-electron chi connectivity index (χ3n) is 3.05. The first-order valence-corrected chi connectivity index (χ1v) is 6.58. The lowest BCUT2D eigenvalue weighted by molar-refractivity contribution is -0.121. The molecule has 0 saturated heterocycles. The predicted octanol–water partition coefficient (Wildman–Crippen LogP) is 2.85. The Morgan fingerprint density at radius 3 is 2.68 bits per heavy atom. The molecule has 1 atom stereocenters. The van der Waals surface area contributed by atoms with Gasteiger partial charge in [0.1, 0.15) is 0 Å². The van der Waals surface area contributed by atoms with Crippen LogP contribution in [0.25, 0.3) is 5.69 Å². The number of carbonyl (C=O) groups excluding carboxylic acids is 1. The molecular weight excluding hydrogens is 238 g/mol. The minimum atomic E-state index is 0.0379. The van der Waals surface area contributed by atoms with Gasteiger partial charge in [-0.25, -0.2) is 4.98 Å². The van der Waals surface area contributed by atoms with Crippen LogP contribution in [0, 0.1) is 0 Å². The molecule has 19 heavy (non-hydrogen) atoms. The van der Waals surface area contributed by atoms with E-state index in [1.54, 1.807) is 12.5 Å². The van der Waals surface area contributed by atoms with Gasteiger partial charge in [0.2, 0.25) is 5.91 Å². The lowest BCUT2D eigenvalue weighted by Gasteiger charge is -2.14. The Kier molecular flexibility index (Phi) is 4.34. The summed E-state index contributed by atoms with van der Waals surface area (Å²) < 4.78 is 1.95. The number of hydrogen-bond donors (Lipinski definition) is 1. The lowest BCUT2D eigenvalue weighted by Crippen LogP contribution is -2.26. The summed E-state index contributed by atoms with van der Waals surface area (Å²) in [6.45, 7) is 4.00. The molecule has 2 aromatic rings. The summed E-state index contributed by atoms with van der Waals surface area (Å²) in [5, 5.41) is 2.99. The third kappa shape index (κ3) is 3.44. The largest absolute Gasteiger partial charge is 0.350 e. The molecule has 1 unspecified atom stereocenters. The number of aromatic nitrogens is 2. The number of nitrogens with zero attached hydrogens (tertiary/aromatic N) is 2. The third-order valence-corrected chi connectivity index (χ3v) is 3.05. The van der Waals surface area contributed by atoms with Crippen molar-refractivity contribution in [3.63, 3.8) is 0 Å². The predicted molar refractivity (Wildman–Crippen MR) is 75.0 cm³/mol. The molecule has 0 aliphatic rings. The topological polar surface area (TPSA) is 46.9 Å². The fourth-order valence-electron chi connectivity index (χ4n) is 1.97. The second kappa shape index (κ2) is 6.18. The van der Waals surface area contributed by atoms with Crippen LogP contribution >= 0.6 is 0 Å². The maximum atomic E-state index is 11.6. The number of benzene rings is 1. The molecule has 4 heteroatoms. The highest BCUT2D eigenvalue weighted by Gasteiger charge is 2.08. The van der Waals surface area contributed by atoms with E-state index < -0.39 is 0 Å². The molecular formula is C15H19N3O. The number of nitrogens with one attached hydrogen (secondary N) is 1. The van der Waals surface area contributed by atoms with Gasteiger partial charge in [-0.2, -0.15) is 0 Å². The van der Waals surface area contributed by atoms with E-state index >= 15 is 0 Å². The van der Waals surface area contributed by atoms with Crippen molar-refractivity contribution in [2.24, 2.45) is 0 Å². The second-order valence-corrected chi connectivity index (χ2v) is 4.60. The van der Waals surface area contributed by atoms with Crippen molar-refractivity contribution < 1.29 is 4.79 Å². The molecule has 1 aromatic carbocycles. The van der Waals surface area contributed by atoms with Crippen LogP contribution in [0.4, 0.5) is 0 Å². The Hall–Kier alpha value is -2.10. The molecule has 100 valence electrons. The molecule has 4 nitrogen and oxygen atoms in total. The van der Waals surface area contributed by atoms with Crippen molar-refractivity contribution in [3.8, 4) is 5.69 Å². The summed E-state index contributed by atoms with van der Waals surface area (Å²) >= 11 is 0. The van der Waals surface area contributed by atoms with Gasteiger partial charge in [0.25, 0.3) is 0 Å². The second-order valence-electron chi connectivity index (χ2n) is 4.60. The zero-order chi connectivity index (χ0) is 13.7. The standard InChI is InChI=1S/C15H19N3O/c1-3-4-15(19)17-12(2)13-5-7-14(8-6-13)18-10-9-16-11-18/h5-12H,3-4H2,1-2H3,(H,17,19). The van der Waals surface area contributed by atoms with Gasteiger partial charge in [-0.15, -0.1) is 0 Å². The Morgan fingerprint density at radius 2 is 2.11 bits per heavy atom. The van der Waals surface area contributed by atoms with E-state index in [0.717, 1.165) is 17.7 Å². The van der Waals surface area contributed by atoms with E-state index in [2.05, 4.69) is 10.3 Å². The molecule has 1 N–H and O–H groups in total. The number of imidazole rings is 1. The van der Waals surface area contributed by atoms with Crippen LogP contribution in [0.1, 0.15) is 38.3 Å². The summed E-state index contributed by atoms with van der Waals surface area (Å²) in [4.78, 5) is 15.6. The van der Waals surface area contributed by atoms with Crippen LogP contribution in [0.2, 0.25) is 0 Å². The summed E-state index contributed by atoms with van der Waals surface area (Å²) in [6, 6.07) is 8.16. The number of hydrogen-bond acceptors (Lipinski definition) is 2. The smallest absolute Gasteiger partial charge is 0.220 e. The van der Waals surface area contributed by atoms with Gasteiger partial charge in [-0.05, 0) is 31.0 Å². The van der Waals surface area contributed by atoms with E-state index in [1.165, 1.54) is 0 Å². The maximum Gasteiger partial charge on any atom is 0.220 e. The van der Waals surface area contributed by atoms with Crippen LogP contribution in [0.3, 0.4) is 0 Å². The molecule has 0 bridgehead atoms. The molecule has 0 spiro atoms. The molecule has 0 aliphatic heterocycles. The molecule has 1 heterocycles. The SMILES string of the molecule is CCCC(=O)NC(C)c1ccc(-n2ccnc2)cc1. The van der Waals surface area contributed by atoms with E-state index in [4.69, 9.17) is 0 Å². The van der Waals surface area contributed by atoms with Crippen molar-refractivity contribution in [2.45, 2.75) is 32.7 Å². The minimum Gasteiger partial charge on any atom is -0.350 e. The summed E-state index contributed by atoms with van der Waals surface area (Å²) in [6.07, 6.45) is 6.88. The number of carbonyl (C=O) groups is 1. The quantitative estimate of drug-likeness (QED) is 0.895. The number of amides is 1. The Balaban J connectivity index is 2.04. The van der Waals surface area contributed by atoms with Crippen molar-refractivity contribution in [1.82, 2.24) is 14.9 Å². The average molecular weight is 257 g/mol. The highest BCUT2D eigenvalue weighted by molar-refractivity contribution is 5.76. The summed E-state index contributed by atoms with van der Waals surface area (Å²) in [5.74, 6) is 0.105. The molecule has 0 radical (unpaired) electrons. The van der Waals surface area contributed by atoms with E-state index in [-0.39, 0.29) is 11.9 Å². The highest BCUT2D eigenvalue weighted by Crippen LogP contribution is 2.15. The summed E-state index contributed by atoms with van der Waals surface area (Å²) in [5.41, 5.74) is 2.17. The van der Waals surface area contributed by atoms with Gasteiger partial charge in [0.15, 0.2) is 0 Å². The van der Waals surface area contributed by atoms with E-state index in [9.17, 15) is 4.79 Å². The van der Waals surface area contributed by atoms with Crippen LogP contribution in [-0.2, 0) is 4.79 Å². The van der Waals surface area contributed by atoms with Gasteiger partial charge >= 0.3 is 0 Å². The number of rotatable bonds is 5. The Morgan fingerprint density at radius 1 is 1.37 bits per heavy atom. The maximum absolute atomic E-state index is 11.6. The first-order chi connectivity index (χ1) is 9.20. The molecule has 2 rings (SSSR count).